The highest BCUT2D eigenvalue weighted by Gasteiger charge is 2.31. The number of ether oxygens (including phenoxy) is 2. The van der Waals surface area contributed by atoms with Gasteiger partial charge in [0.2, 0.25) is 0 Å². The van der Waals surface area contributed by atoms with E-state index in [2.05, 4.69) is 0 Å². The highest BCUT2D eigenvalue weighted by atomic mass is 16.5. The minimum Gasteiger partial charge on any atom is -0.461 e. The molecule has 86 valence electrons. The van der Waals surface area contributed by atoms with E-state index in [1.54, 1.807) is 7.11 Å². The number of esters is 1. The van der Waals surface area contributed by atoms with Gasteiger partial charge < -0.3 is 9.47 Å². The van der Waals surface area contributed by atoms with Crippen LogP contribution in [0.5, 0.6) is 0 Å². The lowest BCUT2D eigenvalue weighted by Crippen LogP contribution is -2.06. The highest BCUT2D eigenvalue weighted by molar-refractivity contribution is 5.74. The Kier molecular flexibility index (Phi) is 3.57. The largest absolute Gasteiger partial charge is 0.461 e. The molecule has 1 aliphatic carbocycles. The summed E-state index contributed by atoms with van der Waals surface area (Å²) in [4.78, 5) is 11.3. The number of hydrogen-bond donors (Lipinski definition) is 0. The van der Waals surface area contributed by atoms with E-state index in [0.717, 1.165) is 24.0 Å². The fourth-order valence-corrected chi connectivity index (χ4v) is 1.49. The molecule has 0 atom stereocenters. The average molecular weight is 220 g/mol. The van der Waals surface area contributed by atoms with E-state index in [4.69, 9.17) is 9.47 Å². The van der Waals surface area contributed by atoms with Gasteiger partial charge in [-0.2, -0.15) is 0 Å². The van der Waals surface area contributed by atoms with Crippen LogP contribution in [-0.2, 0) is 27.5 Å². The zero-order valence-corrected chi connectivity index (χ0v) is 9.44. The van der Waals surface area contributed by atoms with Gasteiger partial charge in [0.05, 0.1) is 12.5 Å². The lowest BCUT2D eigenvalue weighted by Gasteiger charge is -2.05. The molecule has 0 heterocycles. The number of methoxy groups -OCH3 is 1. The summed E-state index contributed by atoms with van der Waals surface area (Å²) in [7, 11) is 1.67. The average Bonchev–Trinajstić information content (AvgIpc) is 3.12. The van der Waals surface area contributed by atoms with Gasteiger partial charge in [-0.15, -0.1) is 0 Å². The van der Waals surface area contributed by atoms with Crippen LogP contribution in [0.4, 0.5) is 0 Å². The van der Waals surface area contributed by atoms with Crippen molar-refractivity contribution in [3.63, 3.8) is 0 Å². The summed E-state index contributed by atoms with van der Waals surface area (Å²) in [6, 6.07) is 7.91. The summed E-state index contributed by atoms with van der Waals surface area (Å²) in [6.07, 6.45) is 1.98. The second-order valence-electron chi connectivity index (χ2n) is 4.13. The molecule has 2 rings (SSSR count). The molecule has 0 radical (unpaired) electrons. The Labute approximate surface area is 95.4 Å². The summed E-state index contributed by atoms with van der Waals surface area (Å²) >= 11 is 0. The molecule has 0 aliphatic heterocycles. The van der Waals surface area contributed by atoms with Crippen LogP contribution in [0.1, 0.15) is 24.0 Å². The van der Waals surface area contributed by atoms with E-state index in [-0.39, 0.29) is 11.9 Å². The Morgan fingerprint density at radius 2 is 1.75 bits per heavy atom. The second-order valence-corrected chi connectivity index (χ2v) is 4.13. The number of benzene rings is 1. The lowest BCUT2D eigenvalue weighted by atomic mass is 10.1. The first-order valence-corrected chi connectivity index (χ1v) is 5.53. The Hall–Kier alpha value is -1.35. The van der Waals surface area contributed by atoms with Gasteiger partial charge in [0.1, 0.15) is 6.61 Å². The van der Waals surface area contributed by atoms with Crippen LogP contribution in [0.2, 0.25) is 0 Å². The van der Waals surface area contributed by atoms with Crippen LogP contribution in [0, 0.1) is 5.92 Å². The van der Waals surface area contributed by atoms with Crippen LogP contribution < -0.4 is 0 Å². The van der Waals surface area contributed by atoms with Gasteiger partial charge in [-0.25, -0.2) is 0 Å². The fourth-order valence-electron chi connectivity index (χ4n) is 1.49. The van der Waals surface area contributed by atoms with E-state index < -0.39 is 0 Å². The van der Waals surface area contributed by atoms with Crippen molar-refractivity contribution >= 4 is 5.97 Å². The van der Waals surface area contributed by atoms with E-state index in [1.165, 1.54) is 0 Å². The number of rotatable bonds is 5. The zero-order valence-electron chi connectivity index (χ0n) is 9.44. The molecule has 0 amide bonds. The van der Waals surface area contributed by atoms with Crippen LogP contribution in [-0.4, -0.2) is 13.1 Å². The fraction of sp³-hybridized carbons (Fsp3) is 0.462. The van der Waals surface area contributed by atoms with Gasteiger partial charge in [-0.3, -0.25) is 4.79 Å². The molecule has 0 saturated heterocycles. The minimum absolute atomic E-state index is 0.0547. The topological polar surface area (TPSA) is 35.5 Å². The second kappa shape index (κ2) is 5.12. The normalized spacial score (nSPS) is 14.8. The summed E-state index contributed by atoms with van der Waals surface area (Å²) in [5, 5.41) is 0. The Bertz CT molecular complexity index is 352. The maximum absolute atomic E-state index is 11.3. The SMILES string of the molecule is COCc1ccc(COC(=O)C2CC2)cc1. The predicted octanol–water partition coefficient (Wildman–Crippen LogP) is 2.29. The number of carbonyl (C=O) groups is 1. The predicted molar refractivity (Wildman–Crippen MR) is 59.7 cm³/mol. The first-order valence-electron chi connectivity index (χ1n) is 5.53. The van der Waals surface area contributed by atoms with Crippen molar-refractivity contribution in [2.45, 2.75) is 26.1 Å². The molecule has 1 aromatic rings. The molecule has 1 saturated carbocycles. The summed E-state index contributed by atoms with van der Waals surface area (Å²) < 4.78 is 10.2. The molecule has 0 aromatic heterocycles. The van der Waals surface area contributed by atoms with Gasteiger partial charge in [0, 0.05) is 7.11 Å². The highest BCUT2D eigenvalue weighted by Crippen LogP contribution is 2.30. The molecule has 1 aromatic carbocycles. The van der Waals surface area contributed by atoms with Gasteiger partial charge in [0.15, 0.2) is 0 Å². The van der Waals surface area contributed by atoms with E-state index in [0.29, 0.717) is 13.2 Å². The molecular formula is C13H16O3. The van der Waals surface area contributed by atoms with Crippen molar-refractivity contribution in [2.75, 3.05) is 7.11 Å². The van der Waals surface area contributed by atoms with Crippen molar-refractivity contribution in [3.8, 4) is 0 Å². The van der Waals surface area contributed by atoms with Crippen molar-refractivity contribution in [1.82, 2.24) is 0 Å². The first-order chi connectivity index (χ1) is 7.79. The van der Waals surface area contributed by atoms with Crippen LogP contribution >= 0.6 is 0 Å². The van der Waals surface area contributed by atoms with Gasteiger partial charge in [-0.05, 0) is 24.0 Å². The maximum Gasteiger partial charge on any atom is 0.309 e. The molecule has 1 aliphatic rings. The number of carbonyl (C=O) groups excluding carboxylic acids is 1. The van der Waals surface area contributed by atoms with E-state index in [1.807, 2.05) is 24.3 Å². The summed E-state index contributed by atoms with van der Waals surface area (Å²) in [5.41, 5.74) is 2.15. The lowest BCUT2D eigenvalue weighted by molar-refractivity contribution is -0.146. The molecule has 0 bridgehead atoms. The number of hydrogen-bond acceptors (Lipinski definition) is 3. The smallest absolute Gasteiger partial charge is 0.309 e. The molecule has 1 fully saturated rings. The van der Waals surface area contributed by atoms with Crippen LogP contribution in [0.3, 0.4) is 0 Å². The molecule has 3 heteroatoms. The minimum atomic E-state index is -0.0547. The van der Waals surface area contributed by atoms with Crippen LogP contribution in [0.25, 0.3) is 0 Å². The zero-order chi connectivity index (χ0) is 11.4. The molecule has 16 heavy (non-hydrogen) atoms. The standard InChI is InChI=1S/C13H16O3/c1-15-8-10-2-4-11(5-3-10)9-16-13(14)12-6-7-12/h2-5,12H,6-9H2,1H3. The first kappa shape index (κ1) is 11.1. The molecule has 3 nitrogen and oxygen atoms in total. The van der Waals surface area contributed by atoms with E-state index in [9.17, 15) is 4.79 Å². The Morgan fingerprint density at radius 1 is 1.19 bits per heavy atom. The van der Waals surface area contributed by atoms with Crippen molar-refractivity contribution in [2.24, 2.45) is 5.92 Å². The summed E-state index contributed by atoms with van der Waals surface area (Å²) in [6.45, 7) is 0.991. The van der Waals surface area contributed by atoms with Gasteiger partial charge in [-0.1, -0.05) is 24.3 Å². The molecular weight excluding hydrogens is 204 g/mol. The third-order valence-electron chi connectivity index (χ3n) is 2.63. The monoisotopic (exact) mass is 220 g/mol. The molecule has 0 unspecified atom stereocenters. The molecule has 0 spiro atoms. The van der Waals surface area contributed by atoms with Gasteiger partial charge >= 0.3 is 5.97 Å². The summed E-state index contributed by atoms with van der Waals surface area (Å²) in [5.74, 6) is 0.119. The van der Waals surface area contributed by atoms with Crippen LogP contribution in [0.15, 0.2) is 24.3 Å². The third-order valence-corrected chi connectivity index (χ3v) is 2.63. The Morgan fingerprint density at radius 3 is 2.25 bits per heavy atom. The van der Waals surface area contributed by atoms with Crippen molar-refractivity contribution < 1.29 is 14.3 Å². The molecule has 0 N–H and O–H groups in total. The van der Waals surface area contributed by atoms with Crippen molar-refractivity contribution in [1.29, 1.82) is 0 Å². The van der Waals surface area contributed by atoms with E-state index >= 15 is 0 Å². The Balaban J connectivity index is 1.82. The van der Waals surface area contributed by atoms with Gasteiger partial charge in [0.25, 0.3) is 0 Å². The third kappa shape index (κ3) is 3.07. The quantitative estimate of drug-likeness (QED) is 0.714. The van der Waals surface area contributed by atoms with Crippen molar-refractivity contribution in [3.05, 3.63) is 35.4 Å². The maximum atomic E-state index is 11.3.